The molecule has 2 N–H and O–H groups in total. The first-order valence-corrected chi connectivity index (χ1v) is 6.52. The maximum absolute atomic E-state index is 12.4. The van der Waals surface area contributed by atoms with Gasteiger partial charge < -0.3 is 15.2 Å². The SMILES string of the molecule is Nc1ccc(C(=O)c2ccc3c(c2)OCCO3)c(Cl)c1. The van der Waals surface area contributed by atoms with Gasteiger partial charge in [-0.3, -0.25) is 4.79 Å². The van der Waals surface area contributed by atoms with Crippen molar-refractivity contribution in [2.24, 2.45) is 0 Å². The van der Waals surface area contributed by atoms with E-state index in [1.54, 1.807) is 36.4 Å². The van der Waals surface area contributed by atoms with Gasteiger partial charge in [-0.1, -0.05) is 11.6 Å². The number of carbonyl (C=O) groups excluding carboxylic acids is 1. The molecule has 0 amide bonds. The van der Waals surface area contributed by atoms with E-state index >= 15 is 0 Å². The van der Waals surface area contributed by atoms with Crippen LogP contribution in [-0.2, 0) is 0 Å². The van der Waals surface area contributed by atoms with Crippen molar-refractivity contribution < 1.29 is 14.3 Å². The lowest BCUT2D eigenvalue weighted by atomic mass is 10.0. The predicted octanol–water partition coefficient (Wildman–Crippen LogP) is 2.92. The highest BCUT2D eigenvalue weighted by Crippen LogP contribution is 2.32. The standard InChI is InChI=1S/C15H12ClNO3/c16-12-8-10(17)2-3-11(12)15(18)9-1-4-13-14(7-9)20-6-5-19-13/h1-4,7-8H,5-6,17H2. The molecular weight excluding hydrogens is 278 g/mol. The van der Waals surface area contributed by atoms with Gasteiger partial charge in [0.2, 0.25) is 0 Å². The summed E-state index contributed by atoms with van der Waals surface area (Å²) in [5.41, 5.74) is 7.06. The summed E-state index contributed by atoms with van der Waals surface area (Å²) in [6, 6.07) is 9.93. The van der Waals surface area contributed by atoms with Crippen LogP contribution in [0.15, 0.2) is 36.4 Å². The van der Waals surface area contributed by atoms with Crippen LogP contribution >= 0.6 is 11.6 Å². The molecule has 0 fully saturated rings. The Labute approximate surface area is 121 Å². The molecule has 0 saturated heterocycles. The summed E-state index contributed by atoms with van der Waals surface area (Å²) in [4.78, 5) is 12.4. The van der Waals surface area contributed by atoms with Crippen LogP contribution in [0.5, 0.6) is 11.5 Å². The minimum Gasteiger partial charge on any atom is -0.486 e. The number of ketones is 1. The van der Waals surface area contributed by atoms with Crippen LogP contribution in [0.3, 0.4) is 0 Å². The van der Waals surface area contributed by atoms with Gasteiger partial charge in [-0.2, -0.15) is 0 Å². The van der Waals surface area contributed by atoms with E-state index in [0.29, 0.717) is 46.5 Å². The van der Waals surface area contributed by atoms with Gasteiger partial charge in [0, 0.05) is 16.8 Å². The van der Waals surface area contributed by atoms with Crippen LogP contribution in [0, 0.1) is 0 Å². The zero-order chi connectivity index (χ0) is 14.1. The molecule has 0 saturated carbocycles. The van der Waals surface area contributed by atoms with Crippen molar-refractivity contribution in [3.63, 3.8) is 0 Å². The summed E-state index contributed by atoms with van der Waals surface area (Å²) in [6.07, 6.45) is 0. The van der Waals surface area contributed by atoms with Gasteiger partial charge in [-0.15, -0.1) is 0 Å². The Kier molecular flexibility index (Phi) is 3.24. The highest BCUT2D eigenvalue weighted by Gasteiger charge is 2.17. The van der Waals surface area contributed by atoms with Gasteiger partial charge in [0.05, 0.1) is 5.02 Å². The van der Waals surface area contributed by atoms with Gasteiger partial charge in [0.1, 0.15) is 13.2 Å². The lowest BCUT2D eigenvalue weighted by molar-refractivity contribution is 0.103. The first-order valence-electron chi connectivity index (χ1n) is 6.14. The minimum absolute atomic E-state index is 0.174. The van der Waals surface area contributed by atoms with Crippen LogP contribution < -0.4 is 15.2 Å². The topological polar surface area (TPSA) is 61.6 Å². The van der Waals surface area contributed by atoms with Crippen LogP contribution in [-0.4, -0.2) is 19.0 Å². The Morgan fingerprint density at radius 2 is 1.80 bits per heavy atom. The molecular formula is C15H12ClNO3. The Morgan fingerprint density at radius 3 is 2.55 bits per heavy atom. The number of halogens is 1. The summed E-state index contributed by atoms with van der Waals surface area (Å²) < 4.78 is 10.9. The molecule has 0 atom stereocenters. The van der Waals surface area contributed by atoms with Gasteiger partial charge in [0.15, 0.2) is 17.3 Å². The molecule has 0 bridgehead atoms. The summed E-state index contributed by atoms with van der Waals surface area (Å²) >= 11 is 6.06. The first kappa shape index (κ1) is 12.8. The van der Waals surface area contributed by atoms with E-state index in [1.165, 1.54) is 0 Å². The van der Waals surface area contributed by atoms with Crippen LogP contribution in [0.4, 0.5) is 5.69 Å². The number of anilines is 1. The molecule has 20 heavy (non-hydrogen) atoms. The zero-order valence-electron chi connectivity index (χ0n) is 10.6. The van der Waals surface area contributed by atoms with E-state index in [9.17, 15) is 4.79 Å². The highest BCUT2D eigenvalue weighted by molar-refractivity contribution is 6.35. The largest absolute Gasteiger partial charge is 0.486 e. The molecule has 0 unspecified atom stereocenters. The summed E-state index contributed by atoms with van der Waals surface area (Å²) in [5.74, 6) is 1.05. The molecule has 1 aliphatic heterocycles. The molecule has 5 heteroatoms. The normalized spacial score (nSPS) is 13.1. The molecule has 0 spiro atoms. The number of hydrogen-bond acceptors (Lipinski definition) is 4. The third-order valence-corrected chi connectivity index (χ3v) is 3.35. The number of hydrogen-bond donors (Lipinski definition) is 1. The van der Waals surface area contributed by atoms with E-state index in [4.69, 9.17) is 26.8 Å². The monoisotopic (exact) mass is 289 g/mol. The summed E-state index contributed by atoms with van der Waals surface area (Å²) in [6.45, 7) is 0.997. The number of nitrogen functional groups attached to an aromatic ring is 1. The first-order chi connectivity index (χ1) is 9.65. The Hall–Kier alpha value is -2.20. The average Bonchev–Trinajstić information content (AvgIpc) is 2.46. The molecule has 4 nitrogen and oxygen atoms in total. The Bertz CT molecular complexity index is 685. The molecule has 2 aromatic rings. The molecule has 1 aliphatic rings. The fraction of sp³-hybridized carbons (Fsp3) is 0.133. The number of carbonyl (C=O) groups is 1. The molecule has 1 heterocycles. The average molecular weight is 290 g/mol. The van der Waals surface area contributed by atoms with Crippen LogP contribution in [0.25, 0.3) is 0 Å². The fourth-order valence-electron chi connectivity index (χ4n) is 2.06. The maximum Gasteiger partial charge on any atom is 0.194 e. The van der Waals surface area contributed by atoms with Crippen LogP contribution in [0.2, 0.25) is 5.02 Å². The van der Waals surface area contributed by atoms with Gasteiger partial charge in [-0.05, 0) is 36.4 Å². The van der Waals surface area contributed by atoms with Crippen molar-refractivity contribution in [2.45, 2.75) is 0 Å². The number of ether oxygens (including phenoxy) is 2. The van der Waals surface area contributed by atoms with Crippen molar-refractivity contribution >= 4 is 23.1 Å². The van der Waals surface area contributed by atoms with Gasteiger partial charge in [0.25, 0.3) is 0 Å². The van der Waals surface area contributed by atoms with E-state index in [2.05, 4.69) is 0 Å². The molecule has 102 valence electrons. The third-order valence-electron chi connectivity index (χ3n) is 3.04. The molecule has 0 aliphatic carbocycles. The summed E-state index contributed by atoms with van der Waals surface area (Å²) in [7, 11) is 0. The molecule has 0 radical (unpaired) electrons. The number of benzene rings is 2. The van der Waals surface area contributed by atoms with Crippen molar-refractivity contribution in [2.75, 3.05) is 18.9 Å². The van der Waals surface area contributed by atoms with Gasteiger partial charge >= 0.3 is 0 Å². The van der Waals surface area contributed by atoms with Crippen molar-refractivity contribution in [1.29, 1.82) is 0 Å². The lowest BCUT2D eigenvalue weighted by Gasteiger charge is -2.18. The van der Waals surface area contributed by atoms with E-state index in [0.717, 1.165) is 0 Å². The van der Waals surface area contributed by atoms with Gasteiger partial charge in [-0.25, -0.2) is 0 Å². The van der Waals surface area contributed by atoms with E-state index in [-0.39, 0.29) is 5.78 Å². The number of nitrogens with two attached hydrogens (primary N) is 1. The minimum atomic E-state index is -0.174. The lowest BCUT2D eigenvalue weighted by Crippen LogP contribution is -2.16. The second-order valence-corrected chi connectivity index (χ2v) is 4.83. The van der Waals surface area contributed by atoms with Crippen molar-refractivity contribution in [3.8, 4) is 11.5 Å². The highest BCUT2D eigenvalue weighted by atomic mass is 35.5. The molecule has 2 aromatic carbocycles. The van der Waals surface area contributed by atoms with E-state index in [1.807, 2.05) is 0 Å². The molecule has 3 rings (SSSR count). The number of rotatable bonds is 2. The van der Waals surface area contributed by atoms with Crippen molar-refractivity contribution in [1.82, 2.24) is 0 Å². The number of fused-ring (bicyclic) bond motifs is 1. The molecule has 0 aromatic heterocycles. The zero-order valence-corrected chi connectivity index (χ0v) is 11.3. The second kappa shape index (κ2) is 5.06. The quantitative estimate of drug-likeness (QED) is 0.682. The smallest absolute Gasteiger partial charge is 0.194 e. The Balaban J connectivity index is 1.98. The van der Waals surface area contributed by atoms with E-state index < -0.39 is 0 Å². The Morgan fingerprint density at radius 1 is 1.05 bits per heavy atom. The third kappa shape index (κ3) is 2.30. The van der Waals surface area contributed by atoms with Crippen LogP contribution in [0.1, 0.15) is 15.9 Å². The second-order valence-electron chi connectivity index (χ2n) is 4.43. The summed E-state index contributed by atoms with van der Waals surface area (Å²) in [5, 5.41) is 0.338. The maximum atomic E-state index is 12.4. The van der Waals surface area contributed by atoms with Crippen molar-refractivity contribution in [3.05, 3.63) is 52.5 Å². The fourth-order valence-corrected chi connectivity index (χ4v) is 2.33. The predicted molar refractivity (Wildman–Crippen MR) is 76.7 cm³/mol.